The minimum Gasteiger partial charge on any atom is -0.320 e. The third kappa shape index (κ3) is 2.93. The summed E-state index contributed by atoms with van der Waals surface area (Å²) >= 11 is 0. The molecule has 1 aromatic heterocycles. The molecule has 0 fully saturated rings. The molecule has 3 rings (SSSR count). The van der Waals surface area contributed by atoms with Crippen molar-refractivity contribution in [2.75, 3.05) is 5.32 Å². The van der Waals surface area contributed by atoms with Crippen molar-refractivity contribution in [1.29, 1.82) is 0 Å². The van der Waals surface area contributed by atoms with E-state index < -0.39 is 0 Å². The van der Waals surface area contributed by atoms with Gasteiger partial charge in [-0.1, -0.05) is 50.2 Å². The SMILES string of the molecule is CCC(C)c1ccccc1NC(=O)c1n[nH]c(=O)c2ccccc12. The molecule has 0 saturated carbocycles. The number of benzene rings is 2. The van der Waals surface area contributed by atoms with Crippen LogP contribution in [0.15, 0.2) is 53.3 Å². The second-order valence-electron chi connectivity index (χ2n) is 5.80. The van der Waals surface area contributed by atoms with Gasteiger partial charge in [0.15, 0.2) is 5.69 Å². The summed E-state index contributed by atoms with van der Waals surface area (Å²) in [5.41, 5.74) is 1.77. The monoisotopic (exact) mass is 321 g/mol. The van der Waals surface area contributed by atoms with Crippen LogP contribution in [0.2, 0.25) is 0 Å². The van der Waals surface area contributed by atoms with Crippen molar-refractivity contribution in [2.24, 2.45) is 0 Å². The van der Waals surface area contributed by atoms with Crippen LogP contribution in [0.4, 0.5) is 5.69 Å². The summed E-state index contributed by atoms with van der Waals surface area (Å²) in [4.78, 5) is 24.6. The zero-order valence-electron chi connectivity index (χ0n) is 13.7. The predicted octanol–water partition coefficient (Wildman–Crippen LogP) is 3.69. The first-order valence-corrected chi connectivity index (χ1v) is 7.99. The average Bonchev–Trinajstić information content (AvgIpc) is 2.62. The van der Waals surface area contributed by atoms with Gasteiger partial charge in [-0.15, -0.1) is 0 Å². The number of nitrogens with one attached hydrogen (secondary N) is 2. The predicted molar refractivity (Wildman–Crippen MR) is 95.5 cm³/mol. The number of hydrogen-bond donors (Lipinski definition) is 2. The molecule has 2 aromatic carbocycles. The second kappa shape index (κ2) is 6.66. The van der Waals surface area contributed by atoms with Gasteiger partial charge >= 0.3 is 0 Å². The van der Waals surface area contributed by atoms with E-state index in [0.29, 0.717) is 16.7 Å². The van der Waals surface area contributed by atoms with Crippen LogP contribution >= 0.6 is 0 Å². The maximum Gasteiger partial charge on any atom is 0.276 e. The van der Waals surface area contributed by atoms with Gasteiger partial charge in [0, 0.05) is 11.1 Å². The lowest BCUT2D eigenvalue weighted by molar-refractivity contribution is 0.102. The molecule has 2 N–H and O–H groups in total. The largest absolute Gasteiger partial charge is 0.320 e. The Labute approximate surface area is 139 Å². The number of para-hydroxylation sites is 1. The van der Waals surface area contributed by atoms with Gasteiger partial charge in [-0.3, -0.25) is 9.59 Å². The molecule has 1 heterocycles. The van der Waals surface area contributed by atoms with Crippen LogP contribution in [0.25, 0.3) is 10.8 Å². The molecule has 0 aliphatic rings. The molecule has 122 valence electrons. The van der Waals surface area contributed by atoms with Gasteiger partial charge in [0.1, 0.15) is 0 Å². The fraction of sp³-hybridized carbons (Fsp3) is 0.211. The van der Waals surface area contributed by atoms with E-state index in [-0.39, 0.29) is 17.2 Å². The Kier molecular flexibility index (Phi) is 4.42. The van der Waals surface area contributed by atoms with Crippen molar-refractivity contribution in [3.63, 3.8) is 0 Å². The molecular weight excluding hydrogens is 302 g/mol. The van der Waals surface area contributed by atoms with Crippen LogP contribution in [0, 0.1) is 0 Å². The van der Waals surface area contributed by atoms with E-state index in [2.05, 4.69) is 29.4 Å². The van der Waals surface area contributed by atoms with Gasteiger partial charge in [-0.25, -0.2) is 5.10 Å². The molecule has 1 amide bonds. The van der Waals surface area contributed by atoms with E-state index in [4.69, 9.17) is 0 Å². The topological polar surface area (TPSA) is 74.8 Å². The molecule has 5 heteroatoms. The lowest BCUT2D eigenvalue weighted by atomic mass is 9.97. The molecule has 0 saturated heterocycles. The third-order valence-electron chi connectivity index (χ3n) is 4.26. The van der Waals surface area contributed by atoms with Gasteiger partial charge in [0.2, 0.25) is 0 Å². The van der Waals surface area contributed by atoms with Crippen molar-refractivity contribution < 1.29 is 4.79 Å². The average molecular weight is 321 g/mol. The number of nitrogens with zero attached hydrogens (tertiary/aromatic N) is 1. The Balaban J connectivity index is 2.01. The van der Waals surface area contributed by atoms with E-state index in [9.17, 15) is 9.59 Å². The van der Waals surface area contributed by atoms with E-state index in [0.717, 1.165) is 17.7 Å². The maximum atomic E-state index is 12.7. The van der Waals surface area contributed by atoms with Crippen LogP contribution < -0.4 is 10.9 Å². The Morgan fingerprint density at radius 3 is 2.54 bits per heavy atom. The number of aromatic nitrogens is 2. The fourth-order valence-electron chi connectivity index (χ4n) is 2.73. The smallest absolute Gasteiger partial charge is 0.276 e. The summed E-state index contributed by atoms with van der Waals surface area (Å²) in [5, 5.41) is 10.3. The van der Waals surface area contributed by atoms with Crippen molar-refractivity contribution >= 4 is 22.4 Å². The molecule has 5 nitrogen and oxygen atoms in total. The van der Waals surface area contributed by atoms with Gasteiger partial charge in [-0.05, 0) is 30.0 Å². The van der Waals surface area contributed by atoms with Crippen molar-refractivity contribution in [3.05, 3.63) is 70.1 Å². The summed E-state index contributed by atoms with van der Waals surface area (Å²) in [5.74, 6) is -0.0000123. The van der Waals surface area contributed by atoms with Crippen LogP contribution in [0.1, 0.15) is 42.2 Å². The van der Waals surface area contributed by atoms with Crippen molar-refractivity contribution in [2.45, 2.75) is 26.2 Å². The number of H-pyrrole nitrogens is 1. The van der Waals surface area contributed by atoms with Gasteiger partial charge in [0.05, 0.1) is 5.39 Å². The normalized spacial score (nSPS) is 12.1. The quantitative estimate of drug-likeness (QED) is 0.769. The van der Waals surface area contributed by atoms with E-state index >= 15 is 0 Å². The highest BCUT2D eigenvalue weighted by Crippen LogP contribution is 2.27. The number of carbonyl (C=O) groups excluding carboxylic acids is 1. The number of anilines is 1. The van der Waals surface area contributed by atoms with Crippen LogP contribution in [0.5, 0.6) is 0 Å². The minimum atomic E-state index is -0.335. The highest BCUT2D eigenvalue weighted by molar-refractivity contribution is 6.11. The van der Waals surface area contributed by atoms with Crippen LogP contribution in [0.3, 0.4) is 0 Å². The summed E-state index contributed by atoms with van der Waals surface area (Å²) in [6, 6.07) is 14.7. The summed E-state index contributed by atoms with van der Waals surface area (Å²) in [6.45, 7) is 4.24. The number of rotatable bonds is 4. The first kappa shape index (κ1) is 15.9. The van der Waals surface area contributed by atoms with E-state index in [1.807, 2.05) is 24.3 Å². The molecule has 1 unspecified atom stereocenters. The lowest BCUT2D eigenvalue weighted by Crippen LogP contribution is -2.20. The van der Waals surface area contributed by atoms with Crippen LogP contribution in [-0.4, -0.2) is 16.1 Å². The standard InChI is InChI=1S/C19H19N3O2/c1-3-12(2)13-8-6-7-11-16(13)20-19(24)17-14-9-4-5-10-15(14)18(23)22-21-17/h4-12H,3H2,1-2H3,(H,20,24)(H,22,23). The first-order valence-electron chi connectivity index (χ1n) is 7.99. The van der Waals surface area contributed by atoms with Crippen LogP contribution in [-0.2, 0) is 0 Å². The summed E-state index contributed by atoms with van der Waals surface area (Å²) in [7, 11) is 0. The van der Waals surface area contributed by atoms with Gasteiger partial charge in [-0.2, -0.15) is 5.10 Å². The van der Waals surface area contributed by atoms with Crippen molar-refractivity contribution in [3.8, 4) is 0 Å². The molecule has 1 atom stereocenters. The molecule has 0 aliphatic carbocycles. The number of amides is 1. The Morgan fingerprint density at radius 1 is 1.12 bits per heavy atom. The number of aromatic amines is 1. The van der Waals surface area contributed by atoms with Crippen molar-refractivity contribution in [1.82, 2.24) is 10.2 Å². The summed E-state index contributed by atoms with van der Waals surface area (Å²) in [6.07, 6.45) is 0.979. The molecule has 0 spiro atoms. The first-order chi connectivity index (χ1) is 11.6. The van der Waals surface area contributed by atoms with Gasteiger partial charge in [0.25, 0.3) is 11.5 Å². The Bertz CT molecular complexity index is 946. The fourth-order valence-corrected chi connectivity index (χ4v) is 2.73. The molecule has 0 aliphatic heterocycles. The third-order valence-corrected chi connectivity index (χ3v) is 4.26. The zero-order chi connectivity index (χ0) is 17.1. The Morgan fingerprint density at radius 2 is 1.79 bits per heavy atom. The molecule has 0 bridgehead atoms. The van der Waals surface area contributed by atoms with E-state index in [1.54, 1.807) is 24.3 Å². The number of fused-ring (bicyclic) bond motifs is 1. The zero-order valence-corrected chi connectivity index (χ0v) is 13.7. The molecule has 24 heavy (non-hydrogen) atoms. The molecular formula is C19H19N3O2. The molecule has 3 aromatic rings. The maximum absolute atomic E-state index is 12.7. The minimum absolute atomic E-state index is 0.212. The summed E-state index contributed by atoms with van der Waals surface area (Å²) < 4.78 is 0. The Hall–Kier alpha value is -2.95. The van der Waals surface area contributed by atoms with E-state index in [1.165, 1.54) is 0 Å². The number of carbonyl (C=O) groups is 1. The lowest BCUT2D eigenvalue weighted by Gasteiger charge is -2.15. The second-order valence-corrected chi connectivity index (χ2v) is 5.80. The highest BCUT2D eigenvalue weighted by atomic mass is 16.2. The molecule has 0 radical (unpaired) electrons. The van der Waals surface area contributed by atoms with Gasteiger partial charge < -0.3 is 5.32 Å². The number of hydrogen-bond acceptors (Lipinski definition) is 3. The highest BCUT2D eigenvalue weighted by Gasteiger charge is 2.16.